The standard InChI is InChI=1S/C49H33N5/c1-4-15-36(16-5-1)47-50-48(37-17-6-2-7-18-37)52-49(51-47)54-45-23-13-12-22-43(45)44-31-27-39(33-46(44)54)35-24-28-41(29-25-35)53(40-20-8-3-9-21-40)42-30-26-34-14-10-11-19-38(34)32-42/h1-33H. The van der Waals surface area contributed by atoms with Gasteiger partial charge in [0.05, 0.1) is 11.0 Å². The molecule has 5 nitrogen and oxygen atoms in total. The van der Waals surface area contributed by atoms with Crippen LogP contribution in [0.3, 0.4) is 0 Å². The van der Waals surface area contributed by atoms with E-state index in [0.29, 0.717) is 17.6 Å². The van der Waals surface area contributed by atoms with Gasteiger partial charge in [0.15, 0.2) is 11.6 Å². The van der Waals surface area contributed by atoms with E-state index in [1.165, 1.54) is 10.8 Å². The fourth-order valence-electron chi connectivity index (χ4n) is 7.41. The van der Waals surface area contributed by atoms with Gasteiger partial charge in [0.1, 0.15) is 0 Å². The first kappa shape index (κ1) is 31.4. The number of benzene rings is 8. The second kappa shape index (κ2) is 13.3. The SMILES string of the molecule is c1ccc(-c2nc(-c3ccccc3)nc(-n3c4ccccc4c4ccc(-c5ccc(N(c6ccccc6)c6ccc7ccccc7c6)cc5)cc43)n2)cc1. The second-order valence-corrected chi connectivity index (χ2v) is 13.3. The summed E-state index contributed by atoms with van der Waals surface area (Å²) in [5, 5.41) is 4.72. The molecule has 0 saturated heterocycles. The van der Waals surface area contributed by atoms with E-state index in [1.807, 2.05) is 60.7 Å². The summed E-state index contributed by atoms with van der Waals surface area (Å²) in [6, 6.07) is 70.0. The molecule has 2 heterocycles. The lowest BCUT2D eigenvalue weighted by atomic mass is 10.0. The number of aromatic nitrogens is 4. The van der Waals surface area contributed by atoms with E-state index >= 15 is 0 Å². The molecule has 0 saturated carbocycles. The molecular weight excluding hydrogens is 659 g/mol. The minimum Gasteiger partial charge on any atom is -0.310 e. The molecule has 54 heavy (non-hydrogen) atoms. The largest absolute Gasteiger partial charge is 0.310 e. The van der Waals surface area contributed by atoms with Crippen molar-refractivity contribution < 1.29 is 0 Å². The number of nitrogens with zero attached hydrogens (tertiary/aromatic N) is 5. The van der Waals surface area contributed by atoms with Crippen LogP contribution in [0.25, 0.3) is 72.4 Å². The normalized spacial score (nSPS) is 11.3. The van der Waals surface area contributed by atoms with Crippen LogP contribution in [0.4, 0.5) is 17.1 Å². The maximum absolute atomic E-state index is 5.12. The van der Waals surface area contributed by atoms with Crippen molar-refractivity contribution in [2.75, 3.05) is 4.90 Å². The number of anilines is 3. The number of rotatable bonds is 7. The van der Waals surface area contributed by atoms with Gasteiger partial charge in [0, 0.05) is 39.0 Å². The maximum atomic E-state index is 5.12. The molecule has 0 radical (unpaired) electrons. The van der Waals surface area contributed by atoms with Crippen molar-refractivity contribution in [3.63, 3.8) is 0 Å². The van der Waals surface area contributed by atoms with Gasteiger partial charge >= 0.3 is 0 Å². The maximum Gasteiger partial charge on any atom is 0.238 e. The van der Waals surface area contributed by atoms with Crippen LogP contribution in [0.2, 0.25) is 0 Å². The summed E-state index contributed by atoms with van der Waals surface area (Å²) in [6.45, 7) is 0. The van der Waals surface area contributed by atoms with Crippen LogP contribution >= 0.6 is 0 Å². The van der Waals surface area contributed by atoms with Crippen molar-refractivity contribution in [1.82, 2.24) is 19.5 Å². The van der Waals surface area contributed by atoms with Gasteiger partial charge in [-0.25, -0.2) is 4.98 Å². The van der Waals surface area contributed by atoms with Gasteiger partial charge in [0.25, 0.3) is 0 Å². The number of para-hydroxylation sites is 2. The summed E-state index contributed by atoms with van der Waals surface area (Å²) in [7, 11) is 0. The third-order valence-corrected chi connectivity index (χ3v) is 10.0. The fraction of sp³-hybridized carbons (Fsp3) is 0. The van der Waals surface area contributed by atoms with Crippen LogP contribution in [-0.2, 0) is 0 Å². The Hall–Kier alpha value is -7.37. The lowest BCUT2D eigenvalue weighted by Crippen LogP contribution is -2.09. The first-order valence-corrected chi connectivity index (χ1v) is 18.1. The summed E-state index contributed by atoms with van der Waals surface area (Å²) in [5.74, 6) is 1.84. The van der Waals surface area contributed by atoms with Gasteiger partial charge in [-0.15, -0.1) is 0 Å². The first-order valence-electron chi connectivity index (χ1n) is 18.1. The predicted molar refractivity (Wildman–Crippen MR) is 223 cm³/mol. The second-order valence-electron chi connectivity index (χ2n) is 13.3. The third-order valence-electron chi connectivity index (χ3n) is 10.0. The third kappa shape index (κ3) is 5.65. The van der Waals surface area contributed by atoms with E-state index in [9.17, 15) is 0 Å². The van der Waals surface area contributed by atoms with E-state index in [0.717, 1.165) is 61.1 Å². The zero-order chi connectivity index (χ0) is 35.8. The molecule has 0 N–H and O–H groups in total. The van der Waals surface area contributed by atoms with Crippen LogP contribution in [-0.4, -0.2) is 19.5 Å². The highest BCUT2D eigenvalue weighted by Crippen LogP contribution is 2.39. The molecule has 0 fully saturated rings. The first-order chi connectivity index (χ1) is 26.8. The number of fused-ring (bicyclic) bond motifs is 4. The molecule has 0 aliphatic heterocycles. The minimum absolute atomic E-state index is 0.579. The summed E-state index contributed by atoms with van der Waals surface area (Å²) in [6.07, 6.45) is 0. The molecule has 0 amide bonds. The topological polar surface area (TPSA) is 46.8 Å². The van der Waals surface area contributed by atoms with E-state index in [-0.39, 0.29) is 0 Å². The Morgan fingerprint density at radius 2 is 0.870 bits per heavy atom. The van der Waals surface area contributed by atoms with Crippen molar-refractivity contribution in [2.24, 2.45) is 0 Å². The van der Waals surface area contributed by atoms with Crippen LogP contribution < -0.4 is 4.90 Å². The van der Waals surface area contributed by atoms with Crippen LogP contribution in [0.5, 0.6) is 0 Å². The zero-order valence-corrected chi connectivity index (χ0v) is 29.3. The molecule has 254 valence electrons. The highest BCUT2D eigenvalue weighted by molar-refractivity contribution is 6.10. The van der Waals surface area contributed by atoms with Gasteiger partial charge in [-0.2, -0.15) is 9.97 Å². The average molecular weight is 692 g/mol. The van der Waals surface area contributed by atoms with Crippen molar-refractivity contribution in [2.45, 2.75) is 0 Å². The smallest absolute Gasteiger partial charge is 0.238 e. The average Bonchev–Trinajstić information content (AvgIpc) is 3.58. The van der Waals surface area contributed by atoms with Gasteiger partial charge in [-0.1, -0.05) is 152 Å². The van der Waals surface area contributed by atoms with E-state index in [4.69, 9.17) is 15.0 Å². The molecule has 2 aromatic heterocycles. The summed E-state index contributed by atoms with van der Waals surface area (Å²) in [4.78, 5) is 17.5. The monoisotopic (exact) mass is 691 g/mol. The molecule has 0 bridgehead atoms. The fourth-order valence-corrected chi connectivity index (χ4v) is 7.41. The molecule has 0 spiro atoms. The Bertz CT molecular complexity index is 2860. The lowest BCUT2D eigenvalue weighted by molar-refractivity contribution is 0.953. The Morgan fingerprint density at radius 3 is 1.57 bits per heavy atom. The molecule has 5 heteroatoms. The predicted octanol–water partition coefficient (Wildman–Crippen LogP) is 12.6. The molecule has 10 rings (SSSR count). The van der Waals surface area contributed by atoms with E-state index < -0.39 is 0 Å². The number of hydrogen-bond acceptors (Lipinski definition) is 4. The Morgan fingerprint density at radius 1 is 0.333 bits per heavy atom. The molecule has 0 unspecified atom stereocenters. The van der Waals surface area contributed by atoms with Crippen LogP contribution in [0, 0.1) is 0 Å². The van der Waals surface area contributed by atoms with E-state index in [2.05, 4.69) is 149 Å². The zero-order valence-electron chi connectivity index (χ0n) is 29.3. The van der Waals surface area contributed by atoms with Gasteiger partial charge in [-0.3, -0.25) is 4.57 Å². The van der Waals surface area contributed by atoms with Crippen molar-refractivity contribution in [1.29, 1.82) is 0 Å². The van der Waals surface area contributed by atoms with Crippen LogP contribution in [0.15, 0.2) is 200 Å². The molecule has 8 aromatic carbocycles. The van der Waals surface area contributed by atoms with Gasteiger partial charge in [0.2, 0.25) is 5.95 Å². The Balaban J connectivity index is 1.11. The molecule has 10 aromatic rings. The van der Waals surface area contributed by atoms with Crippen molar-refractivity contribution in [3.05, 3.63) is 200 Å². The quantitative estimate of drug-likeness (QED) is 0.167. The Kier molecular flexibility index (Phi) is 7.73. The Labute approximate surface area is 313 Å². The number of hydrogen-bond donors (Lipinski definition) is 0. The molecule has 0 aliphatic carbocycles. The van der Waals surface area contributed by atoms with Crippen molar-refractivity contribution in [3.8, 4) is 39.9 Å². The molecular formula is C49H33N5. The van der Waals surface area contributed by atoms with Crippen molar-refractivity contribution >= 4 is 49.6 Å². The van der Waals surface area contributed by atoms with E-state index in [1.54, 1.807) is 0 Å². The molecule has 0 aliphatic rings. The minimum atomic E-state index is 0.579. The summed E-state index contributed by atoms with van der Waals surface area (Å²) >= 11 is 0. The van der Waals surface area contributed by atoms with Crippen LogP contribution in [0.1, 0.15) is 0 Å². The summed E-state index contributed by atoms with van der Waals surface area (Å²) in [5.41, 5.74) is 9.48. The molecule has 0 atom stereocenters. The van der Waals surface area contributed by atoms with Gasteiger partial charge < -0.3 is 4.90 Å². The summed E-state index contributed by atoms with van der Waals surface area (Å²) < 4.78 is 2.18. The highest BCUT2D eigenvalue weighted by Gasteiger charge is 2.19. The lowest BCUT2D eigenvalue weighted by Gasteiger charge is -2.26. The highest BCUT2D eigenvalue weighted by atomic mass is 15.2. The van der Waals surface area contributed by atoms with Gasteiger partial charge in [-0.05, 0) is 70.4 Å².